The highest BCUT2D eigenvalue weighted by atomic mass is 35.5. The Kier molecular flexibility index (Phi) is 7.22. The van der Waals surface area contributed by atoms with Crippen LogP contribution in [0.5, 0.6) is 0 Å². The molecular weight excluding hydrogens is 449 g/mol. The van der Waals surface area contributed by atoms with Crippen LogP contribution in [0.25, 0.3) is 0 Å². The van der Waals surface area contributed by atoms with Gasteiger partial charge in [0, 0.05) is 50.5 Å². The Bertz CT molecular complexity index is 1130. The number of carbonyl (C=O) groups excluding carboxylic acids is 1. The lowest BCUT2D eigenvalue weighted by Gasteiger charge is -2.35. The number of ether oxygens (including phenoxy) is 1. The predicted molar refractivity (Wildman–Crippen MR) is 122 cm³/mol. The third-order valence-corrected chi connectivity index (χ3v) is 5.83. The molecule has 1 aliphatic heterocycles. The van der Waals surface area contributed by atoms with Crippen molar-refractivity contribution >= 4 is 29.2 Å². The highest BCUT2D eigenvalue weighted by molar-refractivity contribution is 6.31. The van der Waals surface area contributed by atoms with E-state index < -0.39 is 5.82 Å². The molecule has 8 nitrogen and oxygen atoms in total. The minimum Gasteiger partial charge on any atom is -0.405 e. The second-order valence-electron chi connectivity index (χ2n) is 7.84. The number of amides is 1. The molecule has 1 amide bonds. The number of nitrogens with zero attached hydrogens (tertiary/aromatic N) is 4. The molecule has 3 aromatic rings. The summed E-state index contributed by atoms with van der Waals surface area (Å²) in [6, 6.07) is 10.1. The molecule has 1 fully saturated rings. The van der Waals surface area contributed by atoms with E-state index in [-0.39, 0.29) is 24.1 Å². The van der Waals surface area contributed by atoms with Crippen molar-refractivity contribution < 1.29 is 18.3 Å². The molecule has 33 heavy (non-hydrogen) atoms. The van der Waals surface area contributed by atoms with Gasteiger partial charge in [0.1, 0.15) is 12.4 Å². The quantitative estimate of drug-likeness (QED) is 0.554. The summed E-state index contributed by atoms with van der Waals surface area (Å²) in [6.45, 7) is 5.32. The monoisotopic (exact) mass is 473 g/mol. The van der Waals surface area contributed by atoms with Crippen LogP contribution in [0.1, 0.15) is 27.4 Å². The molecule has 0 aliphatic carbocycles. The van der Waals surface area contributed by atoms with E-state index in [9.17, 15) is 9.18 Å². The number of rotatable bonds is 7. The van der Waals surface area contributed by atoms with Crippen LogP contribution in [-0.4, -0.2) is 59.2 Å². The van der Waals surface area contributed by atoms with Gasteiger partial charge in [0.05, 0.1) is 5.56 Å². The molecule has 0 radical (unpaired) electrons. The van der Waals surface area contributed by atoms with Gasteiger partial charge in [-0.1, -0.05) is 28.8 Å². The zero-order valence-electron chi connectivity index (χ0n) is 18.5. The Balaban J connectivity index is 1.40. The molecule has 0 unspecified atom stereocenters. The molecule has 1 N–H and O–H groups in total. The number of benzene rings is 2. The fourth-order valence-electron chi connectivity index (χ4n) is 3.79. The van der Waals surface area contributed by atoms with Gasteiger partial charge in [-0.05, 0) is 42.3 Å². The molecular formula is C23H25ClFN5O3. The number of anilines is 2. The maximum Gasteiger partial charge on any atom is 0.320 e. The Hall–Kier alpha value is -3.01. The standard InChI is InChI=1S/C23H25ClFN5O3/c1-15-16(11-17(24)12-20(15)26-23-28-27-21(33-23)14-32-2)13-29-7-9-30(10-8-29)22(31)18-5-3-4-6-19(18)25/h3-6,11-12H,7-10,13-14H2,1-2H3,(H,26,28). The first-order valence-electron chi connectivity index (χ1n) is 10.6. The highest BCUT2D eigenvalue weighted by Gasteiger charge is 2.24. The van der Waals surface area contributed by atoms with Crippen LogP contribution in [0.3, 0.4) is 0 Å². The molecule has 1 aromatic heterocycles. The number of halogens is 2. The summed E-state index contributed by atoms with van der Waals surface area (Å²) >= 11 is 6.37. The number of nitrogens with one attached hydrogen (secondary N) is 1. The van der Waals surface area contributed by atoms with E-state index in [1.165, 1.54) is 12.1 Å². The SMILES string of the molecule is COCc1nnc(Nc2cc(Cl)cc(CN3CCN(C(=O)c4ccccc4F)CC3)c2C)o1. The van der Waals surface area contributed by atoms with E-state index >= 15 is 0 Å². The van der Waals surface area contributed by atoms with Crippen LogP contribution in [0.2, 0.25) is 5.02 Å². The molecule has 1 aliphatic rings. The van der Waals surface area contributed by atoms with Gasteiger partial charge in [-0.15, -0.1) is 5.10 Å². The van der Waals surface area contributed by atoms with E-state index in [2.05, 4.69) is 20.4 Å². The van der Waals surface area contributed by atoms with Gasteiger partial charge in [0.15, 0.2) is 0 Å². The van der Waals surface area contributed by atoms with E-state index in [1.807, 2.05) is 19.1 Å². The van der Waals surface area contributed by atoms with E-state index in [0.29, 0.717) is 43.6 Å². The fraction of sp³-hybridized carbons (Fsp3) is 0.348. The molecule has 2 aromatic carbocycles. The first-order valence-corrected chi connectivity index (χ1v) is 11.0. The van der Waals surface area contributed by atoms with Crippen molar-refractivity contribution in [2.75, 3.05) is 38.6 Å². The lowest BCUT2D eigenvalue weighted by atomic mass is 10.1. The predicted octanol–water partition coefficient (Wildman–Crippen LogP) is 4.02. The molecule has 0 atom stereocenters. The number of aromatic nitrogens is 2. The first kappa shape index (κ1) is 23.2. The molecule has 0 bridgehead atoms. The van der Waals surface area contributed by atoms with Crippen LogP contribution in [0.15, 0.2) is 40.8 Å². The van der Waals surface area contributed by atoms with Gasteiger partial charge < -0.3 is 19.4 Å². The van der Waals surface area contributed by atoms with Crippen LogP contribution in [-0.2, 0) is 17.9 Å². The smallest absolute Gasteiger partial charge is 0.320 e. The average molecular weight is 474 g/mol. The zero-order chi connectivity index (χ0) is 23.4. The first-order chi connectivity index (χ1) is 15.9. The van der Waals surface area contributed by atoms with Crippen molar-refractivity contribution in [2.24, 2.45) is 0 Å². The van der Waals surface area contributed by atoms with Crippen molar-refractivity contribution in [1.29, 1.82) is 0 Å². The zero-order valence-corrected chi connectivity index (χ0v) is 19.2. The number of hydrogen-bond acceptors (Lipinski definition) is 7. The summed E-state index contributed by atoms with van der Waals surface area (Å²) in [5.74, 6) is -0.386. The summed E-state index contributed by atoms with van der Waals surface area (Å²) in [7, 11) is 1.56. The normalized spacial score (nSPS) is 14.5. The summed E-state index contributed by atoms with van der Waals surface area (Å²) in [4.78, 5) is 16.6. The third kappa shape index (κ3) is 5.50. The van der Waals surface area contributed by atoms with Gasteiger partial charge >= 0.3 is 6.01 Å². The number of methoxy groups -OCH3 is 1. The third-order valence-electron chi connectivity index (χ3n) is 5.61. The van der Waals surface area contributed by atoms with Gasteiger partial charge in [-0.3, -0.25) is 9.69 Å². The minimum absolute atomic E-state index is 0.113. The molecule has 10 heteroatoms. The molecule has 2 heterocycles. The van der Waals surface area contributed by atoms with Gasteiger partial charge in [0.25, 0.3) is 5.91 Å². The average Bonchev–Trinajstić information content (AvgIpc) is 3.24. The van der Waals surface area contributed by atoms with Crippen LogP contribution >= 0.6 is 11.6 Å². The van der Waals surface area contributed by atoms with E-state index in [1.54, 1.807) is 24.1 Å². The second-order valence-corrected chi connectivity index (χ2v) is 8.28. The van der Waals surface area contributed by atoms with Crippen LogP contribution in [0.4, 0.5) is 16.1 Å². The van der Waals surface area contributed by atoms with Crippen molar-refractivity contribution in [3.8, 4) is 0 Å². The summed E-state index contributed by atoms with van der Waals surface area (Å²) < 4.78 is 24.5. The van der Waals surface area contributed by atoms with Crippen LogP contribution < -0.4 is 5.32 Å². The lowest BCUT2D eigenvalue weighted by Crippen LogP contribution is -2.48. The lowest BCUT2D eigenvalue weighted by molar-refractivity contribution is 0.0623. The maximum atomic E-state index is 14.0. The Morgan fingerprint density at radius 2 is 1.97 bits per heavy atom. The Labute approximate surface area is 196 Å². The Morgan fingerprint density at radius 3 is 2.70 bits per heavy atom. The molecule has 0 spiro atoms. The molecule has 174 valence electrons. The highest BCUT2D eigenvalue weighted by Crippen LogP contribution is 2.28. The summed E-state index contributed by atoms with van der Waals surface area (Å²) in [6.07, 6.45) is 0. The summed E-state index contributed by atoms with van der Waals surface area (Å²) in [5.41, 5.74) is 2.95. The van der Waals surface area contributed by atoms with Crippen molar-refractivity contribution in [1.82, 2.24) is 20.0 Å². The number of hydrogen-bond donors (Lipinski definition) is 1. The maximum absolute atomic E-state index is 14.0. The van der Waals surface area contributed by atoms with Gasteiger partial charge in [-0.2, -0.15) is 0 Å². The van der Waals surface area contributed by atoms with E-state index in [0.717, 1.165) is 16.8 Å². The van der Waals surface area contributed by atoms with Gasteiger partial charge in [-0.25, -0.2) is 4.39 Å². The number of carbonyl (C=O) groups is 1. The molecule has 1 saturated heterocycles. The fourth-order valence-corrected chi connectivity index (χ4v) is 4.03. The number of piperazine rings is 1. The second kappa shape index (κ2) is 10.3. The molecule has 0 saturated carbocycles. The van der Waals surface area contributed by atoms with Crippen LogP contribution in [0, 0.1) is 12.7 Å². The minimum atomic E-state index is -0.491. The van der Waals surface area contributed by atoms with Crippen molar-refractivity contribution in [3.63, 3.8) is 0 Å². The Morgan fingerprint density at radius 1 is 1.21 bits per heavy atom. The topological polar surface area (TPSA) is 83.7 Å². The summed E-state index contributed by atoms with van der Waals surface area (Å²) in [5, 5.41) is 11.6. The molecule has 4 rings (SSSR count). The van der Waals surface area contributed by atoms with Crippen molar-refractivity contribution in [3.05, 3.63) is 69.8 Å². The van der Waals surface area contributed by atoms with Crippen molar-refractivity contribution in [2.45, 2.75) is 20.1 Å². The van der Waals surface area contributed by atoms with Gasteiger partial charge in [0.2, 0.25) is 5.89 Å². The largest absolute Gasteiger partial charge is 0.405 e. The van der Waals surface area contributed by atoms with E-state index in [4.69, 9.17) is 20.8 Å².